The van der Waals surface area contributed by atoms with Gasteiger partial charge in [-0.05, 0) is 74.4 Å². The number of fused-ring (bicyclic) bond motifs is 4. The molecule has 4 fully saturated rings. The molecule has 1 aromatic heterocycles. The van der Waals surface area contributed by atoms with Crippen LogP contribution in [0.25, 0.3) is 22.6 Å². The van der Waals surface area contributed by atoms with Crippen molar-refractivity contribution >= 4 is 40.0 Å². The smallest absolute Gasteiger partial charge is 0.319 e. The molecule has 4 atom stereocenters. The summed E-state index contributed by atoms with van der Waals surface area (Å²) in [7, 11) is 0. The number of allylic oxidation sites excluding steroid dienone is 2. The van der Waals surface area contributed by atoms with Crippen LogP contribution in [-0.2, 0) is 4.74 Å². The fourth-order valence-electron chi connectivity index (χ4n) is 7.42. The summed E-state index contributed by atoms with van der Waals surface area (Å²) >= 11 is 6.80. The number of aliphatic hydroxyl groups excluding tert-OH is 1. The van der Waals surface area contributed by atoms with Crippen LogP contribution in [0, 0.1) is 18.7 Å². The lowest BCUT2D eigenvalue weighted by Crippen LogP contribution is -2.51. The number of anilines is 1. The molecule has 0 spiro atoms. The molecule has 5 heterocycles. The van der Waals surface area contributed by atoms with Crippen molar-refractivity contribution < 1.29 is 19.0 Å². The van der Waals surface area contributed by atoms with Gasteiger partial charge in [0.1, 0.15) is 17.1 Å². The van der Waals surface area contributed by atoms with Crippen LogP contribution in [0.5, 0.6) is 6.01 Å². The fourth-order valence-corrected chi connectivity index (χ4v) is 7.76. The lowest BCUT2D eigenvalue weighted by molar-refractivity contribution is -0.0410. The summed E-state index contributed by atoms with van der Waals surface area (Å²) in [5, 5.41) is 15.3. The first-order valence-corrected chi connectivity index (χ1v) is 16.5. The van der Waals surface area contributed by atoms with Gasteiger partial charge in [0.15, 0.2) is 5.82 Å². The number of halogens is 2. The van der Waals surface area contributed by atoms with Gasteiger partial charge in [0.05, 0.1) is 24.8 Å². The Balaban J connectivity index is 1.22. The summed E-state index contributed by atoms with van der Waals surface area (Å²) < 4.78 is 28.5. The number of piperidine rings is 1. The zero-order valence-corrected chi connectivity index (χ0v) is 26.7. The van der Waals surface area contributed by atoms with E-state index in [2.05, 4.69) is 20.1 Å². The Kier molecular flexibility index (Phi) is 8.70. The number of hydrogen-bond donors (Lipinski definition) is 2. The van der Waals surface area contributed by atoms with Crippen molar-refractivity contribution in [3.63, 3.8) is 0 Å². The average Bonchev–Trinajstić information content (AvgIpc) is 3.37. The predicted molar refractivity (Wildman–Crippen MR) is 176 cm³/mol. The summed E-state index contributed by atoms with van der Waals surface area (Å²) in [5.41, 5.74) is 2.78. The molecule has 3 aromatic rings. The second-order valence-corrected chi connectivity index (χ2v) is 13.5. The Morgan fingerprint density at radius 2 is 1.96 bits per heavy atom. The molecule has 4 saturated heterocycles. The normalized spacial score (nSPS) is 25.9. The second-order valence-electron chi connectivity index (χ2n) is 13.0. The van der Waals surface area contributed by atoms with Gasteiger partial charge >= 0.3 is 6.01 Å². The monoisotopic (exact) mass is 633 g/mol. The molecule has 2 N–H and O–H groups in total. The van der Waals surface area contributed by atoms with Gasteiger partial charge in [0, 0.05) is 61.2 Å². The van der Waals surface area contributed by atoms with E-state index in [9.17, 15) is 5.11 Å². The largest absolute Gasteiger partial charge is 0.508 e. The number of aryl methyl sites for hydroxylation is 1. The Labute approximate surface area is 268 Å². The average molecular weight is 634 g/mol. The Morgan fingerprint density at radius 1 is 1.16 bits per heavy atom. The van der Waals surface area contributed by atoms with Crippen molar-refractivity contribution in [3.05, 3.63) is 69.7 Å². The zero-order chi connectivity index (χ0) is 31.1. The minimum absolute atomic E-state index is 0.0102. The molecule has 4 unspecified atom stereocenters. The number of nitrogens with zero attached hydrogens (tertiary/aromatic N) is 4. The molecule has 0 saturated carbocycles. The van der Waals surface area contributed by atoms with Gasteiger partial charge in [0.2, 0.25) is 0 Å². The van der Waals surface area contributed by atoms with E-state index >= 15 is 4.39 Å². The van der Waals surface area contributed by atoms with Gasteiger partial charge in [-0.3, -0.25) is 4.90 Å². The number of benzene rings is 2. The molecule has 8 nitrogen and oxygen atoms in total. The molecule has 10 heteroatoms. The Hall–Kier alpha value is -3.24. The van der Waals surface area contributed by atoms with Crippen LogP contribution in [0.1, 0.15) is 49.3 Å². The maximum Gasteiger partial charge on any atom is 0.319 e. The van der Waals surface area contributed by atoms with E-state index in [4.69, 9.17) is 26.1 Å². The number of ether oxygens (including phenoxy) is 2. The minimum atomic E-state index is -0.546. The number of aromatic nitrogens is 2. The molecule has 4 aliphatic rings. The molecule has 7 rings (SSSR count). The molecular formula is C35H41ClFN5O3. The number of rotatable bonds is 7. The topological polar surface area (TPSA) is 83.0 Å². The lowest BCUT2D eigenvalue weighted by atomic mass is 9.93. The zero-order valence-electron chi connectivity index (χ0n) is 25.9. The van der Waals surface area contributed by atoms with Crippen LogP contribution < -0.4 is 15.0 Å². The number of morpholine rings is 1. The summed E-state index contributed by atoms with van der Waals surface area (Å²) in [5.74, 6) is 0.462. The summed E-state index contributed by atoms with van der Waals surface area (Å²) in [6, 6.07) is 10.9. The molecule has 2 bridgehead atoms. The third-order valence-corrected chi connectivity index (χ3v) is 10.1. The molecule has 0 aliphatic carbocycles. The molecule has 0 radical (unpaired) electrons. The van der Waals surface area contributed by atoms with Crippen molar-refractivity contribution in [3.8, 4) is 6.01 Å². The van der Waals surface area contributed by atoms with E-state index < -0.39 is 5.82 Å². The quantitative estimate of drug-likeness (QED) is 0.236. The van der Waals surface area contributed by atoms with Crippen LogP contribution in [0.2, 0.25) is 5.02 Å². The third kappa shape index (κ3) is 6.41. The van der Waals surface area contributed by atoms with Crippen molar-refractivity contribution in [1.29, 1.82) is 0 Å². The van der Waals surface area contributed by atoms with Gasteiger partial charge in [-0.15, -0.1) is 0 Å². The van der Waals surface area contributed by atoms with Gasteiger partial charge in [-0.1, -0.05) is 35.9 Å². The van der Waals surface area contributed by atoms with Gasteiger partial charge < -0.3 is 24.8 Å². The highest BCUT2D eigenvalue weighted by molar-refractivity contribution is 6.33. The summed E-state index contributed by atoms with van der Waals surface area (Å²) in [4.78, 5) is 14.3. The number of aliphatic hydroxyl groups is 1. The van der Waals surface area contributed by atoms with Gasteiger partial charge in [-0.25, -0.2) is 4.39 Å². The van der Waals surface area contributed by atoms with Crippen LogP contribution in [0.3, 0.4) is 0 Å². The third-order valence-electron chi connectivity index (χ3n) is 9.81. The lowest BCUT2D eigenvalue weighted by Gasteiger charge is -2.42. The van der Waals surface area contributed by atoms with Crippen LogP contribution in [0.15, 0.2) is 42.2 Å². The molecule has 4 aliphatic heterocycles. The first kappa shape index (κ1) is 30.4. The molecule has 45 heavy (non-hydrogen) atoms. The number of hydrogen-bond acceptors (Lipinski definition) is 8. The van der Waals surface area contributed by atoms with Crippen LogP contribution in [-0.4, -0.2) is 84.1 Å². The Morgan fingerprint density at radius 3 is 2.76 bits per heavy atom. The van der Waals surface area contributed by atoms with Crippen molar-refractivity contribution in [2.24, 2.45) is 5.92 Å². The maximum atomic E-state index is 16.6. The summed E-state index contributed by atoms with van der Waals surface area (Å²) in [6.07, 6.45) is 7.55. The van der Waals surface area contributed by atoms with E-state index in [0.717, 1.165) is 76.2 Å². The van der Waals surface area contributed by atoms with E-state index in [0.29, 0.717) is 47.4 Å². The minimum Gasteiger partial charge on any atom is -0.508 e. The van der Waals surface area contributed by atoms with Crippen molar-refractivity contribution in [2.45, 2.75) is 57.7 Å². The predicted octanol–water partition coefficient (Wildman–Crippen LogP) is 6.16. The second kappa shape index (κ2) is 12.9. The molecule has 0 amide bonds. The highest BCUT2D eigenvalue weighted by Crippen LogP contribution is 2.38. The first-order valence-electron chi connectivity index (χ1n) is 16.1. The fraction of sp³-hybridized carbons (Fsp3) is 0.486. The van der Waals surface area contributed by atoms with E-state index in [1.165, 1.54) is 6.08 Å². The van der Waals surface area contributed by atoms with Crippen molar-refractivity contribution in [2.75, 3.05) is 50.9 Å². The Bertz CT molecular complexity index is 1640. The van der Waals surface area contributed by atoms with E-state index in [-0.39, 0.29) is 27.9 Å². The van der Waals surface area contributed by atoms with Crippen molar-refractivity contribution in [1.82, 2.24) is 20.2 Å². The first-order chi connectivity index (χ1) is 21.8. The highest BCUT2D eigenvalue weighted by Gasteiger charge is 2.35. The molecule has 2 aromatic carbocycles. The molecule has 238 valence electrons. The maximum absolute atomic E-state index is 16.6. The molecular weight excluding hydrogens is 593 g/mol. The van der Waals surface area contributed by atoms with Crippen LogP contribution >= 0.6 is 11.6 Å². The highest BCUT2D eigenvalue weighted by atomic mass is 35.5. The number of piperazine rings is 1. The van der Waals surface area contributed by atoms with E-state index in [1.54, 1.807) is 19.1 Å². The van der Waals surface area contributed by atoms with Gasteiger partial charge in [0.25, 0.3) is 0 Å². The van der Waals surface area contributed by atoms with Gasteiger partial charge in [-0.2, -0.15) is 9.97 Å². The van der Waals surface area contributed by atoms with Crippen LogP contribution in [0.4, 0.5) is 10.2 Å². The number of nitrogens with one attached hydrogen (secondary N) is 1. The SMILES string of the molecule is C/C(=C\C(O)=C/c1ccccc1C)c1c(Cl)cc2c(N3CC4CCC(C3)N4)nc(OCC3CCC4COCCN4C3)nc2c1F. The standard InChI is InChI=1S/C35H41ClFN5O3/c1-21-5-3-4-6-24(21)14-28(43)13-22(2)31-30(36)15-29-33(32(31)37)39-35(40-34(29)42-17-25-8-9-26(18-42)38-25)45-19-23-7-10-27-20-44-12-11-41(27)16-23/h3-6,13-15,23,25-27,38,43H,7-12,16-20H2,1-2H3/b22-13+,28-14+. The summed E-state index contributed by atoms with van der Waals surface area (Å²) in [6.45, 7) is 9.22. The van der Waals surface area contributed by atoms with E-state index in [1.807, 2.05) is 31.2 Å².